The fourth-order valence-electron chi connectivity index (χ4n) is 3.79. The van der Waals surface area contributed by atoms with Gasteiger partial charge < -0.3 is 14.2 Å². The molecule has 0 spiro atoms. The fourth-order valence-corrected chi connectivity index (χ4v) is 4.53. The van der Waals surface area contributed by atoms with Crippen LogP contribution in [-0.2, 0) is 4.79 Å². The molecule has 0 aliphatic carbocycles. The fraction of sp³-hybridized carbons (Fsp3) is 0.172. The van der Waals surface area contributed by atoms with Gasteiger partial charge in [-0.15, -0.1) is 10.2 Å². The van der Waals surface area contributed by atoms with Crippen LogP contribution in [0.4, 0.5) is 0 Å². The number of hydrogen-bond acceptors (Lipinski definition) is 8. The third-order valence-corrected chi connectivity index (χ3v) is 6.48. The highest BCUT2D eigenvalue weighted by Gasteiger charge is 2.21. The van der Waals surface area contributed by atoms with Crippen molar-refractivity contribution in [1.29, 1.82) is 0 Å². The third kappa shape index (κ3) is 6.85. The van der Waals surface area contributed by atoms with E-state index in [9.17, 15) is 4.79 Å². The van der Waals surface area contributed by atoms with Crippen LogP contribution >= 0.6 is 11.8 Å². The van der Waals surface area contributed by atoms with E-state index in [0.29, 0.717) is 33.8 Å². The summed E-state index contributed by atoms with van der Waals surface area (Å²) in [5, 5.41) is 13.5. The van der Waals surface area contributed by atoms with Gasteiger partial charge in [-0.1, -0.05) is 66.4 Å². The van der Waals surface area contributed by atoms with Gasteiger partial charge in [0.25, 0.3) is 5.91 Å². The summed E-state index contributed by atoms with van der Waals surface area (Å²) in [6, 6.07) is 23.2. The van der Waals surface area contributed by atoms with Gasteiger partial charge in [-0.3, -0.25) is 9.36 Å². The van der Waals surface area contributed by atoms with Crippen LogP contribution in [0.1, 0.15) is 12.5 Å². The molecule has 200 valence electrons. The molecular formula is C29H29N5O4S. The molecule has 0 aliphatic heterocycles. The Morgan fingerprint density at radius 3 is 2.21 bits per heavy atom. The number of amides is 1. The summed E-state index contributed by atoms with van der Waals surface area (Å²) in [4.78, 5) is 12.5. The van der Waals surface area contributed by atoms with Gasteiger partial charge in [0.1, 0.15) is 0 Å². The van der Waals surface area contributed by atoms with Gasteiger partial charge in [-0.2, -0.15) is 5.10 Å². The Morgan fingerprint density at radius 2 is 1.59 bits per heavy atom. The maximum atomic E-state index is 12.5. The predicted octanol–water partition coefficient (Wildman–Crippen LogP) is 5.26. The predicted molar refractivity (Wildman–Crippen MR) is 154 cm³/mol. The van der Waals surface area contributed by atoms with Crippen molar-refractivity contribution in [2.75, 3.05) is 27.1 Å². The summed E-state index contributed by atoms with van der Waals surface area (Å²) in [6.07, 6.45) is 3.60. The van der Waals surface area contributed by atoms with E-state index in [1.165, 1.54) is 11.8 Å². The zero-order valence-electron chi connectivity index (χ0n) is 22.1. The molecule has 0 bridgehead atoms. The number of para-hydroxylation sites is 1. The molecule has 4 aromatic rings. The van der Waals surface area contributed by atoms with Crippen LogP contribution in [-0.4, -0.2) is 54.0 Å². The van der Waals surface area contributed by atoms with Crippen LogP contribution in [0.5, 0.6) is 17.2 Å². The van der Waals surface area contributed by atoms with Gasteiger partial charge in [0.05, 0.1) is 33.3 Å². The molecule has 1 N–H and O–H groups in total. The summed E-state index contributed by atoms with van der Waals surface area (Å²) in [5.74, 6) is 1.87. The number of methoxy groups -OCH3 is 3. The highest BCUT2D eigenvalue weighted by Crippen LogP contribution is 2.41. The Hall–Kier alpha value is -4.57. The molecule has 0 unspecified atom stereocenters. The lowest BCUT2D eigenvalue weighted by atomic mass is 10.1. The first-order valence-corrected chi connectivity index (χ1v) is 13.0. The first-order valence-electron chi connectivity index (χ1n) is 12.0. The van der Waals surface area contributed by atoms with Crippen molar-refractivity contribution in [3.05, 3.63) is 83.9 Å². The van der Waals surface area contributed by atoms with Crippen molar-refractivity contribution in [3.63, 3.8) is 0 Å². The van der Waals surface area contributed by atoms with Crippen molar-refractivity contribution in [3.8, 4) is 34.3 Å². The van der Waals surface area contributed by atoms with Gasteiger partial charge in [-0.05, 0) is 42.3 Å². The molecule has 0 atom stereocenters. The Labute approximate surface area is 231 Å². The van der Waals surface area contributed by atoms with Crippen LogP contribution in [0.25, 0.3) is 23.2 Å². The highest BCUT2D eigenvalue weighted by atomic mass is 32.2. The first kappa shape index (κ1) is 27.5. The Kier molecular flexibility index (Phi) is 9.36. The lowest BCUT2D eigenvalue weighted by molar-refractivity contribution is -0.118. The van der Waals surface area contributed by atoms with E-state index in [-0.39, 0.29) is 11.7 Å². The third-order valence-electron chi connectivity index (χ3n) is 5.55. The number of nitrogens with zero attached hydrogens (tertiary/aromatic N) is 4. The Balaban J connectivity index is 1.54. The minimum atomic E-state index is -0.263. The SMILES string of the molecule is COc1cc(-c2nnc(SCC(=O)N/N=C\C(C)=C\c3ccccc3)n2-c2ccccc2)cc(OC)c1OC. The van der Waals surface area contributed by atoms with Gasteiger partial charge in [-0.25, -0.2) is 5.43 Å². The summed E-state index contributed by atoms with van der Waals surface area (Å²) in [6.45, 7) is 1.92. The van der Waals surface area contributed by atoms with Crippen molar-refractivity contribution < 1.29 is 19.0 Å². The van der Waals surface area contributed by atoms with Gasteiger partial charge >= 0.3 is 0 Å². The summed E-state index contributed by atoms with van der Waals surface area (Å²) >= 11 is 1.26. The van der Waals surface area contributed by atoms with Gasteiger partial charge in [0.2, 0.25) is 5.75 Å². The van der Waals surface area contributed by atoms with E-state index < -0.39 is 0 Å². The second kappa shape index (κ2) is 13.3. The second-order valence-electron chi connectivity index (χ2n) is 8.27. The van der Waals surface area contributed by atoms with Crippen molar-refractivity contribution in [2.24, 2.45) is 5.10 Å². The van der Waals surface area contributed by atoms with E-state index in [0.717, 1.165) is 16.8 Å². The van der Waals surface area contributed by atoms with Crippen LogP contribution in [0, 0.1) is 0 Å². The highest BCUT2D eigenvalue weighted by molar-refractivity contribution is 7.99. The van der Waals surface area contributed by atoms with Crippen LogP contribution in [0.3, 0.4) is 0 Å². The minimum absolute atomic E-state index is 0.0962. The Morgan fingerprint density at radius 1 is 0.949 bits per heavy atom. The van der Waals surface area contributed by atoms with E-state index in [1.54, 1.807) is 27.5 Å². The standard InChI is InChI=1S/C29H29N5O4S/c1-20(15-21-11-7-5-8-12-21)18-30-31-26(35)19-39-29-33-32-28(34(29)23-13-9-6-10-14-23)22-16-24(36-2)27(38-4)25(17-22)37-3/h5-18H,19H2,1-4H3,(H,31,35)/b20-15+,30-18-. The number of rotatable bonds is 11. The second-order valence-corrected chi connectivity index (χ2v) is 9.21. The maximum Gasteiger partial charge on any atom is 0.250 e. The molecule has 0 radical (unpaired) electrons. The minimum Gasteiger partial charge on any atom is -0.493 e. The summed E-state index contributed by atoms with van der Waals surface area (Å²) < 4.78 is 18.4. The lowest BCUT2D eigenvalue weighted by Gasteiger charge is -2.15. The monoisotopic (exact) mass is 543 g/mol. The van der Waals surface area contributed by atoms with Crippen LogP contribution in [0.15, 0.2) is 88.6 Å². The number of aromatic nitrogens is 3. The van der Waals surface area contributed by atoms with Crippen molar-refractivity contribution in [2.45, 2.75) is 12.1 Å². The molecule has 3 aromatic carbocycles. The van der Waals surface area contributed by atoms with Crippen molar-refractivity contribution >= 4 is 30.0 Å². The van der Waals surface area contributed by atoms with Crippen LogP contribution < -0.4 is 19.6 Å². The number of allylic oxidation sites excluding steroid dienone is 1. The largest absolute Gasteiger partial charge is 0.493 e. The molecule has 9 nitrogen and oxygen atoms in total. The number of ether oxygens (including phenoxy) is 3. The molecule has 0 fully saturated rings. The van der Waals surface area contributed by atoms with E-state index in [2.05, 4.69) is 20.7 Å². The number of carbonyl (C=O) groups is 1. The molecule has 0 aliphatic rings. The van der Waals surface area contributed by atoms with E-state index in [1.807, 2.05) is 90.4 Å². The van der Waals surface area contributed by atoms with Crippen LogP contribution in [0.2, 0.25) is 0 Å². The average Bonchev–Trinajstić information content (AvgIpc) is 3.40. The average molecular weight is 544 g/mol. The number of nitrogens with one attached hydrogen (secondary N) is 1. The molecule has 10 heteroatoms. The smallest absolute Gasteiger partial charge is 0.250 e. The van der Waals surface area contributed by atoms with Gasteiger partial charge in [0.15, 0.2) is 22.5 Å². The number of hydrogen-bond donors (Lipinski definition) is 1. The molecule has 1 aromatic heterocycles. The molecule has 1 amide bonds. The molecule has 0 saturated heterocycles. The first-order chi connectivity index (χ1) is 19.0. The summed E-state index contributed by atoms with van der Waals surface area (Å²) in [7, 11) is 4.67. The van der Waals surface area contributed by atoms with E-state index >= 15 is 0 Å². The normalized spacial score (nSPS) is 11.4. The van der Waals surface area contributed by atoms with Crippen molar-refractivity contribution in [1.82, 2.24) is 20.2 Å². The lowest BCUT2D eigenvalue weighted by Crippen LogP contribution is -2.20. The molecule has 4 rings (SSSR count). The Bertz CT molecular complexity index is 1440. The molecule has 0 saturated carbocycles. The zero-order chi connectivity index (χ0) is 27.6. The molecule has 39 heavy (non-hydrogen) atoms. The number of benzene rings is 3. The summed E-state index contributed by atoms with van der Waals surface area (Å²) in [5.41, 5.74) is 6.10. The number of thioether (sulfide) groups is 1. The zero-order valence-corrected chi connectivity index (χ0v) is 22.9. The number of carbonyl (C=O) groups excluding carboxylic acids is 1. The van der Waals surface area contributed by atoms with E-state index in [4.69, 9.17) is 14.2 Å². The number of hydrazone groups is 1. The molecule has 1 heterocycles. The topological polar surface area (TPSA) is 99.9 Å². The van der Waals surface area contributed by atoms with Gasteiger partial charge in [0, 0.05) is 11.3 Å². The molecular weight excluding hydrogens is 514 g/mol. The quantitative estimate of drug-likeness (QED) is 0.157. The maximum absolute atomic E-state index is 12.5.